The minimum Gasteiger partial charge on any atom is -0.312 e. The summed E-state index contributed by atoms with van der Waals surface area (Å²) in [5, 5.41) is 4.72. The first-order valence-electron chi connectivity index (χ1n) is 7.67. The highest BCUT2D eigenvalue weighted by Crippen LogP contribution is 2.41. The molecule has 1 heterocycles. The first kappa shape index (κ1) is 15.0. The van der Waals surface area contributed by atoms with Gasteiger partial charge in [0.25, 0.3) is 0 Å². The lowest BCUT2D eigenvalue weighted by Crippen LogP contribution is -2.17. The van der Waals surface area contributed by atoms with Crippen molar-refractivity contribution in [3.8, 4) is 0 Å². The summed E-state index contributed by atoms with van der Waals surface area (Å²) >= 11 is 1.93. The lowest BCUT2D eigenvalue weighted by Gasteiger charge is -2.29. The van der Waals surface area contributed by atoms with Gasteiger partial charge in [0.15, 0.2) is 0 Å². The van der Waals surface area contributed by atoms with Crippen molar-refractivity contribution in [2.24, 2.45) is 11.8 Å². The van der Waals surface area contributed by atoms with Gasteiger partial charge >= 0.3 is 0 Å². The predicted octanol–water partition coefficient (Wildman–Crippen LogP) is 4.66. The Hall–Kier alpha value is -0.410. The average molecular weight is 280 g/mol. The quantitative estimate of drug-likeness (QED) is 0.867. The van der Waals surface area contributed by atoms with Crippen molar-refractivity contribution in [3.05, 3.63) is 15.6 Å². The van der Waals surface area contributed by atoms with Gasteiger partial charge in [-0.25, -0.2) is 4.98 Å². The molecule has 0 radical (unpaired) electrons. The molecule has 108 valence electrons. The van der Waals surface area contributed by atoms with Crippen LogP contribution in [0.1, 0.15) is 74.0 Å². The Balaban J connectivity index is 2.04. The van der Waals surface area contributed by atoms with Crippen molar-refractivity contribution >= 4 is 11.3 Å². The Morgan fingerprint density at radius 1 is 1.16 bits per heavy atom. The van der Waals surface area contributed by atoms with Crippen LogP contribution in [0.5, 0.6) is 0 Å². The highest BCUT2D eigenvalue weighted by atomic mass is 32.1. The fourth-order valence-corrected chi connectivity index (χ4v) is 4.47. The van der Waals surface area contributed by atoms with E-state index in [9.17, 15) is 0 Å². The van der Waals surface area contributed by atoms with Gasteiger partial charge in [0, 0.05) is 16.8 Å². The third-order valence-electron chi connectivity index (χ3n) is 4.74. The summed E-state index contributed by atoms with van der Waals surface area (Å²) < 4.78 is 0. The Kier molecular flexibility index (Phi) is 5.02. The largest absolute Gasteiger partial charge is 0.312 e. The standard InChI is InChI=1S/C16H28N2S/c1-10(2)13-6-8-14(9-7-13)16-18-12(4)15(19-16)11(3)17-5/h10-11,13-14,17H,6-9H2,1-5H3. The molecule has 1 atom stereocenters. The molecule has 0 saturated heterocycles. The molecule has 1 saturated carbocycles. The van der Waals surface area contributed by atoms with Crippen molar-refractivity contribution in [3.63, 3.8) is 0 Å². The van der Waals surface area contributed by atoms with E-state index in [4.69, 9.17) is 4.98 Å². The van der Waals surface area contributed by atoms with Crippen molar-refractivity contribution in [2.45, 2.75) is 65.3 Å². The average Bonchev–Trinajstić information content (AvgIpc) is 2.80. The topological polar surface area (TPSA) is 24.9 Å². The second kappa shape index (κ2) is 6.36. The van der Waals surface area contributed by atoms with Gasteiger partial charge in [-0.2, -0.15) is 0 Å². The SMILES string of the molecule is CNC(C)c1sc(C2CCC(C(C)C)CC2)nc1C. The number of hydrogen-bond acceptors (Lipinski definition) is 3. The fourth-order valence-electron chi connectivity index (χ4n) is 3.17. The van der Waals surface area contributed by atoms with Crippen molar-refractivity contribution in [1.82, 2.24) is 10.3 Å². The molecule has 0 aliphatic heterocycles. The molecule has 2 rings (SSSR count). The van der Waals surface area contributed by atoms with Crippen LogP contribution in [0.4, 0.5) is 0 Å². The molecule has 1 aliphatic rings. The van der Waals surface area contributed by atoms with Crippen LogP contribution in [0, 0.1) is 18.8 Å². The summed E-state index contributed by atoms with van der Waals surface area (Å²) in [5.74, 6) is 2.50. The molecule has 1 aromatic rings. The van der Waals surface area contributed by atoms with Gasteiger partial charge in [-0.15, -0.1) is 11.3 Å². The summed E-state index contributed by atoms with van der Waals surface area (Å²) in [6.07, 6.45) is 5.45. The van der Waals surface area contributed by atoms with E-state index >= 15 is 0 Å². The van der Waals surface area contributed by atoms with Gasteiger partial charge in [0.05, 0.1) is 10.7 Å². The number of aromatic nitrogens is 1. The second-order valence-electron chi connectivity index (χ2n) is 6.37. The molecule has 19 heavy (non-hydrogen) atoms. The minimum atomic E-state index is 0.429. The monoisotopic (exact) mass is 280 g/mol. The van der Waals surface area contributed by atoms with E-state index in [2.05, 4.69) is 33.0 Å². The Morgan fingerprint density at radius 3 is 2.32 bits per heavy atom. The summed E-state index contributed by atoms with van der Waals surface area (Å²) in [7, 11) is 2.03. The van der Waals surface area contributed by atoms with E-state index in [-0.39, 0.29) is 0 Å². The van der Waals surface area contributed by atoms with Gasteiger partial charge in [0.2, 0.25) is 0 Å². The van der Waals surface area contributed by atoms with Gasteiger partial charge in [-0.3, -0.25) is 0 Å². The Morgan fingerprint density at radius 2 is 1.79 bits per heavy atom. The lowest BCUT2D eigenvalue weighted by atomic mass is 9.77. The van der Waals surface area contributed by atoms with Gasteiger partial charge in [0.1, 0.15) is 0 Å². The van der Waals surface area contributed by atoms with E-state index in [1.54, 1.807) is 0 Å². The molecule has 1 aromatic heterocycles. The molecule has 1 aliphatic carbocycles. The first-order chi connectivity index (χ1) is 9.02. The number of nitrogens with zero attached hydrogens (tertiary/aromatic N) is 1. The molecule has 0 amide bonds. The van der Waals surface area contributed by atoms with Crippen LogP contribution in [-0.2, 0) is 0 Å². The smallest absolute Gasteiger partial charge is 0.0962 e. The van der Waals surface area contributed by atoms with E-state index in [0.29, 0.717) is 6.04 Å². The van der Waals surface area contributed by atoms with Crippen molar-refractivity contribution in [1.29, 1.82) is 0 Å². The van der Waals surface area contributed by atoms with Crippen molar-refractivity contribution in [2.75, 3.05) is 7.05 Å². The zero-order valence-electron chi connectivity index (χ0n) is 13.0. The molecular formula is C16H28N2S. The Bertz CT molecular complexity index is 403. The summed E-state index contributed by atoms with van der Waals surface area (Å²) in [4.78, 5) is 6.27. The molecule has 1 unspecified atom stereocenters. The van der Waals surface area contributed by atoms with Crippen LogP contribution in [0.15, 0.2) is 0 Å². The molecule has 2 nitrogen and oxygen atoms in total. The molecule has 3 heteroatoms. The fraction of sp³-hybridized carbons (Fsp3) is 0.812. The number of thiazole rings is 1. The maximum Gasteiger partial charge on any atom is 0.0962 e. The van der Waals surface area contributed by atoms with E-state index < -0.39 is 0 Å². The van der Waals surface area contributed by atoms with Gasteiger partial charge in [-0.1, -0.05) is 13.8 Å². The number of nitrogens with one attached hydrogen (secondary N) is 1. The third-order valence-corrected chi connectivity index (χ3v) is 6.24. The second-order valence-corrected chi connectivity index (χ2v) is 7.43. The van der Waals surface area contributed by atoms with Gasteiger partial charge in [-0.05, 0) is 58.4 Å². The zero-order chi connectivity index (χ0) is 14.0. The maximum absolute atomic E-state index is 4.85. The van der Waals surface area contributed by atoms with Crippen LogP contribution in [0.25, 0.3) is 0 Å². The summed E-state index contributed by atoms with van der Waals surface area (Å²) in [6.45, 7) is 9.11. The molecule has 0 aromatic carbocycles. The number of hydrogen-bond donors (Lipinski definition) is 1. The Labute approximate surface area is 122 Å². The zero-order valence-corrected chi connectivity index (χ0v) is 13.8. The summed E-state index contributed by atoms with van der Waals surface area (Å²) in [6, 6.07) is 0.429. The molecule has 1 fully saturated rings. The lowest BCUT2D eigenvalue weighted by molar-refractivity contribution is 0.258. The van der Waals surface area contributed by atoms with Crippen LogP contribution < -0.4 is 5.32 Å². The van der Waals surface area contributed by atoms with Crippen LogP contribution in [-0.4, -0.2) is 12.0 Å². The molecule has 0 spiro atoms. The maximum atomic E-state index is 4.85. The number of rotatable bonds is 4. The number of aryl methyl sites for hydroxylation is 1. The normalized spacial score (nSPS) is 25.8. The van der Waals surface area contributed by atoms with E-state index in [1.165, 1.54) is 41.3 Å². The summed E-state index contributed by atoms with van der Waals surface area (Å²) in [5.41, 5.74) is 1.23. The van der Waals surface area contributed by atoms with Gasteiger partial charge < -0.3 is 5.32 Å². The molecule has 1 N–H and O–H groups in total. The molecule has 0 bridgehead atoms. The predicted molar refractivity (Wildman–Crippen MR) is 83.9 cm³/mol. The minimum absolute atomic E-state index is 0.429. The highest BCUT2D eigenvalue weighted by molar-refractivity contribution is 7.11. The highest BCUT2D eigenvalue weighted by Gasteiger charge is 2.27. The first-order valence-corrected chi connectivity index (χ1v) is 8.49. The molecular weight excluding hydrogens is 252 g/mol. The third kappa shape index (κ3) is 3.38. The van der Waals surface area contributed by atoms with Crippen molar-refractivity contribution < 1.29 is 0 Å². The van der Waals surface area contributed by atoms with E-state index in [1.807, 2.05) is 18.4 Å². The van der Waals surface area contributed by atoms with E-state index in [0.717, 1.165) is 17.8 Å². The van der Waals surface area contributed by atoms with Crippen LogP contribution in [0.2, 0.25) is 0 Å². The van der Waals surface area contributed by atoms with Crippen LogP contribution in [0.3, 0.4) is 0 Å². The van der Waals surface area contributed by atoms with Crippen LogP contribution >= 0.6 is 11.3 Å².